The van der Waals surface area contributed by atoms with Crippen molar-refractivity contribution in [2.45, 2.75) is 25.8 Å². The molecule has 0 aromatic carbocycles. The molecule has 1 fully saturated rings. The van der Waals surface area contributed by atoms with Crippen LogP contribution in [-0.4, -0.2) is 19.8 Å². The summed E-state index contributed by atoms with van der Waals surface area (Å²) in [6.07, 6.45) is 4.08. The van der Waals surface area contributed by atoms with Crippen LogP contribution in [-0.2, 0) is 4.74 Å². The lowest BCUT2D eigenvalue weighted by atomic mass is 10.00. The highest BCUT2D eigenvalue weighted by atomic mass is 16.5. The van der Waals surface area contributed by atoms with Gasteiger partial charge in [-0.1, -0.05) is 0 Å². The van der Waals surface area contributed by atoms with Gasteiger partial charge in [-0.25, -0.2) is 0 Å². The molecule has 1 N–H and O–H groups in total. The van der Waals surface area contributed by atoms with E-state index in [2.05, 4.69) is 12.2 Å². The van der Waals surface area contributed by atoms with Crippen LogP contribution in [0.4, 0.5) is 0 Å². The predicted octanol–water partition coefficient (Wildman–Crippen LogP) is 2.36. The van der Waals surface area contributed by atoms with Gasteiger partial charge in [0.15, 0.2) is 0 Å². The molecule has 1 aliphatic rings. The average molecular weight is 209 g/mol. The van der Waals surface area contributed by atoms with Crippen molar-refractivity contribution in [1.82, 2.24) is 5.32 Å². The lowest BCUT2D eigenvalue weighted by Gasteiger charge is -2.23. The monoisotopic (exact) mass is 209 g/mol. The van der Waals surface area contributed by atoms with E-state index in [1.165, 1.54) is 12.8 Å². The molecule has 1 unspecified atom stereocenters. The first-order valence-electron chi connectivity index (χ1n) is 5.71. The Hall–Kier alpha value is -0.800. The molecule has 2 heterocycles. The summed E-state index contributed by atoms with van der Waals surface area (Å²) >= 11 is 0. The number of furan rings is 1. The predicted molar refractivity (Wildman–Crippen MR) is 58.7 cm³/mol. The van der Waals surface area contributed by atoms with Crippen molar-refractivity contribution in [3.8, 4) is 0 Å². The molecule has 3 heteroatoms. The highest BCUT2D eigenvalue weighted by Gasteiger charge is 2.15. The number of hydrogen-bond donors (Lipinski definition) is 1. The van der Waals surface area contributed by atoms with E-state index in [-0.39, 0.29) is 0 Å². The van der Waals surface area contributed by atoms with Crippen molar-refractivity contribution >= 4 is 0 Å². The highest BCUT2D eigenvalue weighted by Crippen LogP contribution is 2.16. The Morgan fingerprint density at radius 2 is 2.27 bits per heavy atom. The molecule has 3 nitrogen and oxygen atoms in total. The topological polar surface area (TPSA) is 34.4 Å². The van der Waals surface area contributed by atoms with E-state index in [0.29, 0.717) is 6.04 Å². The molecule has 2 rings (SSSR count). The second-order valence-electron chi connectivity index (χ2n) is 4.20. The van der Waals surface area contributed by atoms with Gasteiger partial charge in [-0.2, -0.15) is 0 Å². The third kappa shape index (κ3) is 3.08. The summed E-state index contributed by atoms with van der Waals surface area (Å²) < 4.78 is 10.7. The number of nitrogens with one attached hydrogen (secondary N) is 1. The molecule has 1 aliphatic heterocycles. The van der Waals surface area contributed by atoms with Crippen LogP contribution in [0, 0.1) is 5.92 Å². The summed E-state index contributed by atoms with van der Waals surface area (Å²) in [4.78, 5) is 0. The van der Waals surface area contributed by atoms with E-state index in [1.807, 2.05) is 12.1 Å². The van der Waals surface area contributed by atoms with Crippen LogP contribution in [0.25, 0.3) is 0 Å². The third-order valence-corrected chi connectivity index (χ3v) is 3.02. The number of ether oxygens (including phenoxy) is 1. The minimum atomic E-state index is 0.308. The molecular weight excluding hydrogens is 190 g/mol. The zero-order valence-corrected chi connectivity index (χ0v) is 9.24. The molecule has 1 aromatic heterocycles. The summed E-state index contributed by atoms with van der Waals surface area (Å²) in [5, 5.41) is 3.51. The molecule has 1 aromatic rings. The smallest absolute Gasteiger partial charge is 0.120 e. The average Bonchev–Trinajstić information content (AvgIpc) is 2.81. The lowest BCUT2D eigenvalue weighted by Crippen LogP contribution is -2.29. The minimum absolute atomic E-state index is 0.308. The van der Waals surface area contributed by atoms with E-state index in [9.17, 15) is 0 Å². The van der Waals surface area contributed by atoms with Gasteiger partial charge in [0.05, 0.1) is 12.3 Å². The Morgan fingerprint density at radius 1 is 1.47 bits per heavy atom. The van der Waals surface area contributed by atoms with Gasteiger partial charge in [0, 0.05) is 13.2 Å². The zero-order chi connectivity index (χ0) is 10.5. The fraction of sp³-hybridized carbons (Fsp3) is 0.667. The largest absolute Gasteiger partial charge is 0.468 e. The van der Waals surface area contributed by atoms with E-state index < -0.39 is 0 Å². The van der Waals surface area contributed by atoms with Gasteiger partial charge in [-0.3, -0.25) is 0 Å². The molecule has 0 aliphatic carbocycles. The minimum Gasteiger partial charge on any atom is -0.468 e. The Balaban J connectivity index is 1.73. The summed E-state index contributed by atoms with van der Waals surface area (Å²) in [5.41, 5.74) is 0. The molecule has 84 valence electrons. The van der Waals surface area contributed by atoms with E-state index in [0.717, 1.165) is 31.4 Å². The van der Waals surface area contributed by atoms with Gasteiger partial charge in [0.2, 0.25) is 0 Å². The highest BCUT2D eigenvalue weighted by molar-refractivity contribution is 5.02. The quantitative estimate of drug-likeness (QED) is 0.826. The first kappa shape index (κ1) is 10.7. The van der Waals surface area contributed by atoms with Gasteiger partial charge in [-0.15, -0.1) is 0 Å². The van der Waals surface area contributed by atoms with Gasteiger partial charge in [0.1, 0.15) is 5.76 Å². The number of hydrogen-bond acceptors (Lipinski definition) is 3. The molecule has 0 bridgehead atoms. The molecule has 1 atom stereocenters. The van der Waals surface area contributed by atoms with Crippen molar-refractivity contribution in [2.75, 3.05) is 19.8 Å². The normalized spacial score (nSPS) is 20.3. The standard InChI is InChI=1S/C12H19NO2/c1-10(12-3-2-6-15-12)13-9-11-4-7-14-8-5-11/h2-3,6,10-11,13H,4-5,7-9H2,1H3. The first-order valence-corrected chi connectivity index (χ1v) is 5.71. The lowest BCUT2D eigenvalue weighted by molar-refractivity contribution is 0.0654. The second kappa shape index (κ2) is 5.33. The van der Waals surface area contributed by atoms with Gasteiger partial charge in [-0.05, 0) is 44.4 Å². The van der Waals surface area contributed by atoms with Crippen LogP contribution in [0.3, 0.4) is 0 Å². The van der Waals surface area contributed by atoms with Crippen LogP contribution in [0.2, 0.25) is 0 Å². The zero-order valence-electron chi connectivity index (χ0n) is 9.24. The van der Waals surface area contributed by atoms with Crippen molar-refractivity contribution in [1.29, 1.82) is 0 Å². The Morgan fingerprint density at radius 3 is 2.93 bits per heavy atom. The Labute approximate surface area is 90.8 Å². The van der Waals surface area contributed by atoms with Crippen molar-refractivity contribution in [3.63, 3.8) is 0 Å². The molecular formula is C12H19NO2. The van der Waals surface area contributed by atoms with Gasteiger partial charge >= 0.3 is 0 Å². The number of rotatable bonds is 4. The van der Waals surface area contributed by atoms with Gasteiger partial charge in [0.25, 0.3) is 0 Å². The van der Waals surface area contributed by atoms with Crippen LogP contribution in [0.5, 0.6) is 0 Å². The fourth-order valence-electron chi connectivity index (χ4n) is 1.93. The van der Waals surface area contributed by atoms with Crippen molar-refractivity contribution < 1.29 is 9.15 Å². The van der Waals surface area contributed by atoms with Crippen molar-refractivity contribution in [2.24, 2.45) is 5.92 Å². The summed E-state index contributed by atoms with van der Waals surface area (Å²) in [6, 6.07) is 4.26. The molecule has 0 spiro atoms. The summed E-state index contributed by atoms with van der Waals surface area (Å²) in [6.45, 7) is 5.03. The maximum atomic E-state index is 5.35. The van der Waals surface area contributed by atoms with Crippen molar-refractivity contribution in [3.05, 3.63) is 24.2 Å². The first-order chi connectivity index (χ1) is 7.36. The molecule has 0 radical (unpaired) electrons. The molecule has 1 saturated heterocycles. The maximum absolute atomic E-state index is 5.35. The Bertz CT molecular complexity index is 265. The molecule has 15 heavy (non-hydrogen) atoms. The van der Waals surface area contributed by atoms with Crippen LogP contribution < -0.4 is 5.32 Å². The van der Waals surface area contributed by atoms with E-state index in [4.69, 9.17) is 9.15 Å². The third-order valence-electron chi connectivity index (χ3n) is 3.02. The second-order valence-corrected chi connectivity index (χ2v) is 4.20. The molecule has 0 saturated carbocycles. The SMILES string of the molecule is CC(NCC1CCOCC1)c1ccco1. The van der Waals surface area contributed by atoms with E-state index >= 15 is 0 Å². The summed E-state index contributed by atoms with van der Waals surface area (Å²) in [5.74, 6) is 1.78. The maximum Gasteiger partial charge on any atom is 0.120 e. The molecule has 0 amide bonds. The van der Waals surface area contributed by atoms with Crippen LogP contribution in [0.15, 0.2) is 22.8 Å². The fourth-order valence-corrected chi connectivity index (χ4v) is 1.93. The van der Waals surface area contributed by atoms with Crippen LogP contribution >= 0.6 is 0 Å². The summed E-state index contributed by atoms with van der Waals surface area (Å²) in [7, 11) is 0. The van der Waals surface area contributed by atoms with Crippen LogP contribution in [0.1, 0.15) is 31.6 Å². The van der Waals surface area contributed by atoms with E-state index in [1.54, 1.807) is 6.26 Å². The Kier molecular flexibility index (Phi) is 3.80. The van der Waals surface area contributed by atoms with Gasteiger partial charge < -0.3 is 14.5 Å².